The van der Waals surface area contributed by atoms with Crippen molar-refractivity contribution in [2.45, 2.75) is 212 Å². The van der Waals surface area contributed by atoms with Crippen LogP contribution in [0.25, 0.3) is 0 Å². The van der Waals surface area contributed by atoms with Crippen molar-refractivity contribution in [1.29, 1.82) is 0 Å². The molecule has 0 radical (unpaired) electrons. The molecule has 0 fully saturated rings. The topological polar surface area (TPSA) is 99.1 Å². The van der Waals surface area contributed by atoms with Gasteiger partial charge in [-0.2, -0.15) is 0 Å². The van der Waals surface area contributed by atoms with Crippen LogP contribution in [-0.4, -0.2) is 80.6 Å². The molecule has 0 aromatic heterocycles. The van der Waals surface area contributed by atoms with Gasteiger partial charge in [-0.25, -0.2) is 4.79 Å². The molecule has 8 nitrogen and oxygen atoms in total. The number of quaternary nitrogens is 1. The van der Waals surface area contributed by atoms with Crippen molar-refractivity contribution in [3.8, 4) is 0 Å². The second-order valence-corrected chi connectivity index (χ2v) is 15.6. The van der Waals surface area contributed by atoms with E-state index in [1.807, 2.05) is 21.1 Å². The molecule has 0 aliphatic heterocycles. The smallest absolute Gasteiger partial charge is 0.362 e. The lowest BCUT2D eigenvalue weighted by Gasteiger charge is -2.31. The number of ether oxygens (including phenoxy) is 3. The van der Waals surface area contributed by atoms with E-state index < -0.39 is 18.1 Å². The minimum Gasteiger partial charge on any atom is -0.477 e. The van der Waals surface area contributed by atoms with Crippen molar-refractivity contribution in [3.05, 3.63) is 0 Å². The molecular formula is C42H82NO7+. The van der Waals surface area contributed by atoms with Crippen LogP contribution < -0.4 is 0 Å². The van der Waals surface area contributed by atoms with Crippen molar-refractivity contribution in [2.24, 2.45) is 0 Å². The van der Waals surface area contributed by atoms with Crippen LogP contribution in [0.3, 0.4) is 0 Å². The van der Waals surface area contributed by atoms with Gasteiger partial charge in [0.25, 0.3) is 0 Å². The van der Waals surface area contributed by atoms with Gasteiger partial charge in [-0.05, 0) is 12.8 Å². The molecule has 0 aromatic rings. The maximum atomic E-state index is 12.7. The molecule has 0 aliphatic rings. The van der Waals surface area contributed by atoms with E-state index in [0.29, 0.717) is 19.3 Å². The molecule has 2 atom stereocenters. The van der Waals surface area contributed by atoms with Crippen molar-refractivity contribution < 1.29 is 38.2 Å². The van der Waals surface area contributed by atoms with Gasteiger partial charge in [0.15, 0.2) is 12.1 Å². The van der Waals surface area contributed by atoms with Crippen LogP contribution in [0.2, 0.25) is 0 Å². The number of esters is 2. The fourth-order valence-electron chi connectivity index (χ4n) is 6.45. The van der Waals surface area contributed by atoms with E-state index in [4.69, 9.17) is 14.2 Å². The number of aliphatic carboxylic acids is 1. The molecule has 0 spiro atoms. The Labute approximate surface area is 308 Å². The normalized spacial score (nSPS) is 12.9. The molecule has 296 valence electrons. The average molecular weight is 713 g/mol. The zero-order valence-corrected chi connectivity index (χ0v) is 33.6. The minimum absolute atomic E-state index is 0.0423. The molecule has 0 aromatic carbocycles. The molecule has 0 saturated heterocycles. The van der Waals surface area contributed by atoms with Gasteiger partial charge in [-0.3, -0.25) is 9.59 Å². The zero-order chi connectivity index (χ0) is 37.1. The van der Waals surface area contributed by atoms with E-state index in [0.717, 1.165) is 38.5 Å². The van der Waals surface area contributed by atoms with Crippen LogP contribution in [0.15, 0.2) is 0 Å². The van der Waals surface area contributed by atoms with Crippen LogP contribution in [0.1, 0.15) is 200 Å². The van der Waals surface area contributed by atoms with Gasteiger partial charge < -0.3 is 23.8 Å². The summed E-state index contributed by atoms with van der Waals surface area (Å²) in [6.45, 7) is 4.76. The fourth-order valence-corrected chi connectivity index (χ4v) is 6.45. The lowest BCUT2D eigenvalue weighted by atomic mass is 10.0. The summed E-state index contributed by atoms with van der Waals surface area (Å²) in [5.41, 5.74) is 0. The predicted octanol–water partition coefficient (Wildman–Crippen LogP) is 11.0. The third kappa shape index (κ3) is 32.3. The van der Waals surface area contributed by atoms with Crippen molar-refractivity contribution in [2.75, 3.05) is 41.0 Å². The quantitative estimate of drug-likeness (QED) is 0.0386. The highest BCUT2D eigenvalue weighted by Crippen LogP contribution is 2.15. The standard InChI is InChI=1S/C42H81NO7/c1-6-8-10-12-14-16-18-20-22-24-26-28-30-32-40(44)49-37-38(36-48-35-34-39(42(46)47)43(3,4)5)50-41(45)33-31-29-27-25-23-21-19-17-15-13-11-9-7-2/h38-39H,6-37H2,1-5H3/p+1/t38-,39?/m0/s1. The van der Waals surface area contributed by atoms with Crippen molar-refractivity contribution in [3.63, 3.8) is 0 Å². The van der Waals surface area contributed by atoms with E-state index in [9.17, 15) is 19.5 Å². The molecule has 0 amide bonds. The summed E-state index contributed by atoms with van der Waals surface area (Å²) in [5, 5.41) is 9.59. The Bertz CT molecular complexity index is 797. The average Bonchev–Trinajstić information content (AvgIpc) is 3.06. The SMILES string of the molecule is CCCCCCCCCCCCCCCC(=O)OC[C@H](COCCC(C(=O)O)[N+](C)(C)C)OC(=O)CCCCCCCCCCCCCCC. The second-order valence-electron chi connectivity index (χ2n) is 15.6. The molecule has 1 N–H and O–H groups in total. The number of likely N-dealkylation sites (N-methyl/N-ethyl adjacent to an activating group) is 1. The van der Waals surface area contributed by atoms with Gasteiger partial charge >= 0.3 is 17.9 Å². The lowest BCUT2D eigenvalue weighted by molar-refractivity contribution is -0.887. The van der Waals surface area contributed by atoms with Crippen LogP contribution in [0, 0.1) is 0 Å². The number of carbonyl (C=O) groups is 3. The third-order valence-corrected chi connectivity index (χ3v) is 9.76. The Morgan fingerprint density at radius 1 is 0.520 bits per heavy atom. The number of hydrogen-bond acceptors (Lipinski definition) is 6. The molecular weight excluding hydrogens is 630 g/mol. The number of unbranched alkanes of at least 4 members (excludes halogenated alkanes) is 24. The van der Waals surface area contributed by atoms with Crippen LogP contribution in [0.5, 0.6) is 0 Å². The number of hydrogen-bond donors (Lipinski definition) is 1. The maximum Gasteiger partial charge on any atom is 0.362 e. The maximum absolute atomic E-state index is 12.7. The Balaban J connectivity index is 4.34. The number of carbonyl (C=O) groups excluding carboxylic acids is 2. The van der Waals surface area contributed by atoms with Crippen molar-refractivity contribution >= 4 is 17.9 Å². The van der Waals surface area contributed by atoms with Crippen LogP contribution >= 0.6 is 0 Å². The van der Waals surface area contributed by atoms with Gasteiger partial charge in [0.2, 0.25) is 0 Å². The van der Waals surface area contributed by atoms with E-state index in [1.165, 1.54) is 128 Å². The van der Waals surface area contributed by atoms with Gasteiger partial charge in [0.05, 0.1) is 34.4 Å². The summed E-state index contributed by atoms with van der Waals surface area (Å²) in [5.74, 6) is -1.45. The van der Waals surface area contributed by atoms with Gasteiger partial charge in [-0.1, -0.05) is 168 Å². The van der Waals surface area contributed by atoms with Gasteiger partial charge in [0, 0.05) is 19.3 Å². The molecule has 1 unspecified atom stereocenters. The zero-order valence-electron chi connectivity index (χ0n) is 33.6. The van der Waals surface area contributed by atoms with Gasteiger partial charge in [-0.15, -0.1) is 0 Å². The molecule has 0 saturated carbocycles. The Hall–Kier alpha value is -1.67. The first kappa shape index (κ1) is 48.3. The Kier molecular flexibility index (Phi) is 33.3. The molecule has 50 heavy (non-hydrogen) atoms. The highest BCUT2D eigenvalue weighted by molar-refractivity contribution is 5.72. The fraction of sp³-hybridized carbons (Fsp3) is 0.929. The number of rotatable bonds is 38. The summed E-state index contributed by atoms with van der Waals surface area (Å²) >= 11 is 0. The van der Waals surface area contributed by atoms with Crippen molar-refractivity contribution in [1.82, 2.24) is 0 Å². The van der Waals surface area contributed by atoms with E-state index in [2.05, 4.69) is 13.8 Å². The highest BCUT2D eigenvalue weighted by Gasteiger charge is 2.31. The molecule has 8 heteroatoms. The van der Waals surface area contributed by atoms with Crippen LogP contribution in [-0.2, 0) is 28.6 Å². The first-order chi connectivity index (χ1) is 24.1. The van der Waals surface area contributed by atoms with E-state index in [1.54, 1.807) is 0 Å². The Morgan fingerprint density at radius 2 is 0.880 bits per heavy atom. The first-order valence-electron chi connectivity index (χ1n) is 21.1. The van der Waals surface area contributed by atoms with E-state index >= 15 is 0 Å². The Morgan fingerprint density at radius 3 is 1.24 bits per heavy atom. The van der Waals surface area contributed by atoms with Gasteiger partial charge in [0.1, 0.15) is 6.61 Å². The molecule has 0 rings (SSSR count). The summed E-state index contributed by atoms with van der Waals surface area (Å²) in [4.78, 5) is 36.8. The van der Waals surface area contributed by atoms with E-state index in [-0.39, 0.29) is 36.2 Å². The summed E-state index contributed by atoms with van der Waals surface area (Å²) < 4.78 is 17.3. The summed E-state index contributed by atoms with van der Waals surface area (Å²) in [7, 11) is 5.53. The number of carboxylic acid groups (broad SMARTS) is 1. The molecule has 0 bridgehead atoms. The third-order valence-electron chi connectivity index (χ3n) is 9.76. The minimum atomic E-state index is -0.871. The molecule has 0 aliphatic carbocycles. The summed E-state index contributed by atoms with van der Waals surface area (Å²) in [6, 6.07) is -0.607. The molecule has 0 heterocycles. The monoisotopic (exact) mass is 713 g/mol. The lowest BCUT2D eigenvalue weighted by Crippen LogP contribution is -2.50. The predicted molar refractivity (Wildman–Crippen MR) is 206 cm³/mol. The largest absolute Gasteiger partial charge is 0.477 e. The highest BCUT2D eigenvalue weighted by atomic mass is 16.6. The summed E-state index contributed by atoms with van der Waals surface area (Å²) in [6.07, 6.45) is 32.7. The van der Waals surface area contributed by atoms with Crippen LogP contribution in [0.4, 0.5) is 0 Å². The number of carboxylic acids is 1. The first-order valence-corrected chi connectivity index (χ1v) is 21.1. The number of nitrogens with zero attached hydrogens (tertiary/aromatic N) is 1. The second kappa shape index (κ2) is 34.4.